The van der Waals surface area contributed by atoms with E-state index in [1.54, 1.807) is 69.8 Å². The van der Waals surface area contributed by atoms with Crippen LogP contribution >= 0.6 is 11.6 Å². The molecule has 0 radical (unpaired) electrons. The maximum atomic E-state index is 13.1. The van der Waals surface area contributed by atoms with Crippen LogP contribution in [-0.4, -0.2) is 32.1 Å². The molecule has 0 fully saturated rings. The van der Waals surface area contributed by atoms with Crippen molar-refractivity contribution in [3.8, 4) is 17.2 Å². The van der Waals surface area contributed by atoms with Gasteiger partial charge in [-0.05, 0) is 24.3 Å². The highest BCUT2D eigenvalue weighted by Gasteiger charge is 2.22. The van der Waals surface area contributed by atoms with Crippen LogP contribution in [0.25, 0.3) is 11.0 Å². The van der Waals surface area contributed by atoms with Gasteiger partial charge >= 0.3 is 5.69 Å². The number of aryl methyl sites for hydroxylation is 3. The topological polar surface area (TPSA) is 122 Å². The summed E-state index contributed by atoms with van der Waals surface area (Å²) in [5.74, 6) is 1.12. The first-order valence-corrected chi connectivity index (χ1v) is 13.2. The molecule has 3 aromatic heterocycles. The molecular formula is C25H23ClN6O5S. The number of ether oxygens (including phenoxy) is 2. The van der Waals surface area contributed by atoms with E-state index >= 15 is 0 Å². The third kappa shape index (κ3) is 5.08. The summed E-state index contributed by atoms with van der Waals surface area (Å²) in [6.07, 6.45) is 4.40. The van der Waals surface area contributed by atoms with Crippen molar-refractivity contribution in [2.75, 3.05) is 4.72 Å². The van der Waals surface area contributed by atoms with E-state index < -0.39 is 10.0 Å². The molecule has 38 heavy (non-hydrogen) atoms. The fourth-order valence-corrected chi connectivity index (χ4v) is 4.98. The molecule has 196 valence electrons. The molecule has 5 aromatic rings. The maximum absolute atomic E-state index is 13.1. The molecule has 3 heterocycles. The van der Waals surface area contributed by atoms with E-state index in [9.17, 15) is 13.2 Å². The van der Waals surface area contributed by atoms with Crippen LogP contribution in [0.15, 0.2) is 77.1 Å². The maximum Gasteiger partial charge on any atom is 0.328 e. The molecule has 0 unspecified atom stereocenters. The van der Waals surface area contributed by atoms with Crippen molar-refractivity contribution in [3.63, 3.8) is 0 Å². The van der Waals surface area contributed by atoms with E-state index in [2.05, 4.69) is 14.7 Å². The molecule has 0 atom stereocenters. The Bertz CT molecular complexity index is 1810. The van der Waals surface area contributed by atoms with E-state index in [1.165, 1.54) is 26.2 Å². The Labute approximate surface area is 222 Å². The van der Waals surface area contributed by atoms with E-state index in [4.69, 9.17) is 21.1 Å². The number of benzene rings is 2. The SMILES string of the molecule is Cn1cnc(S(=O)(=O)Nc2cc3c(cc2Oc2cccc(OCc4ccc(Cl)nc4)c2)n(C)c(=O)n3C)c1. The van der Waals surface area contributed by atoms with Gasteiger partial charge in [0.25, 0.3) is 10.0 Å². The minimum atomic E-state index is -4.04. The molecule has 1 N–H and O–H groups in total. The largest absolute Gasteiger partial charge is 0.489 e. The molecule has 0 aliphatic carbocycles. The molecule has 0 aliphatic heterocycles. The number of halogens is 1. The van der Waals surface area contributed by atoms with E-state index in [0.717, 1.165) is 5.56 Å². The highest BCUT2D eigenvalue weighted by molar-refractivity contribution is 7.92. The number of aromatic nitrogens is 5. The van der Waals surface area contributed by atoms with E-state index in [-0.39, 0.29) is 28.8 Å². The van der Waals surface area contributed by atoms with Crippen LogP contribution in [0.1, 0.15) is 5.56 Å². The molecule has 0 spiro atoms. The zero-order chi connectivity index (χ0) is 27.0. The minimum Gasteiger partial charge on any atom is -0.489 e. The van der Waals surface area contributed by atoms with Crippen molar-refractivity contribution in [2.45, 2.75) is 11.6 Å². The minimum absolute atomic E-state index is 0.142. The predicted octanol–water partition coefficient (Wildman–Crippen LogP) is 3.83. The van der Waals surface area contributed by atoms with Gasteiger partial charge in [0.15, 0.2) is 10.8 Å². The van der Waals surface area contributed by atoms with Gasteiger partial charge in [-0.25, -0.2) is 14.8 Å². The van der Waals surface area contributed by atoms with Crippen molar-refractivity contribution >= 4 is 38.3 Å². The second kappa shape index (κ2) is 9.88. The number of imidazole rings is 2. The first-order chi connectivity index (χ1) is 18.1. The smallest absolute Gasteiger partial charge is 0.328 e. The normalized spacial score (nSPS) is 11.6. The average molecular weight is 555 g/mol. The van der Waals surface area contributed by atoms with Gasteiger partial charge in [-0.3, -0.25) is 13.9 Å². The number of nitrogens with one attached hydrogen (secondary N) is 1. The number of nitrogens with zero attached hydrogens (tertiary/aromatic N) is 5. The summed E-state index contributed by atoms with van der Waals surface area (Å²) in [7, 11) is 0.874. The number of fused-ring (bicyclic) bond motifs is 1. The molecule has 0 amide bonds. The van der Waals surface area contributed by atoms with Crippen LogP contribution in [0.2, 0.25) is 5.15 Å². The third-order valence-electron chi connectivity index (χ3n) is 5.80. The second-order valence-electron chi connectivity index (χ2n) is 8.58. The van der Waals surface area contributed by atoms with Crippen molar-refractivity contribution in [3.05, 3.63) is 88.5 Å². The van der Waals surface area contributed by atoms with Crippen molar-refractivity contribution in [1.82, 2.24) is 23.7 Å². The fourth-order valence-electron chi connectivity index (χ4n) is 3.83. The van der Waals surface area contributed by atoms with Crippen LogP contribution in [-0.2, 0) is 37.8 Å². The van der Waals surface area contributed by atoms with Gasteiger partial charge in [-0.15, -0.1) is 0 Å². The molecule has 5 rings (SSSR count). The Morgan fingerprint density at radius 3 is 2.39 bits per heavy atom. The summed E-state index contributed by atoms with van der Waals surface area (Å²) in [5, 5.41) is 0.242. The Balaban J connectivity index is 1.49. The first kappa shape index (κ1) is 25.4. The third-order valence-corrected chi connectivity index (χ3v) is 7.28. The van der Waals surface area contributed by atoms with Gasteiger partial charge < -0.3 is 14.0 Å². The number of rotatable bonds is 8. The molecule has 2 aromatic carbocycles. The van der Waals surface area contributed by atoms with E-state index in [1.807, 2.05) is 6.07 Å². The zero-order valence-corrected chi connectivity index (χ0v) is 22.2. The molecule has 0 saturated carbocycles. The van der Waals surface area contributed by atoms with Crippen LogP contribution in [0.4, 0.5) is 5.69 Å². The fraction of sp³-hybridized carbons (Fsp3) is 0.160. The summed E-state index contributed by atoms with van der Waals surface area (Å²) in [6, 6.07) is 13.6. The summed E-state index contributed by atoms with van der Waals surface area (Å²) < 4.78 is 45.1. The zero-order valence-electron chi connectivity index (χ0n) is 20.6. The highest BCUT2D eigenvalue weighted by Crippen LogP contribution is 2.36. The Kier molecular flexibility index (Phi) is 6.59. The Morgan fingerprint density at radius 1 is 0.974 bits per heavy atom. The average Bonchev–Trinajstić information content (AvgIpc) is 3.42. The summed E-state index contributed by atoms with van der Waals surface area (Å²) in [6.45, 7) is 0.265. The van der Waals surface area contributed by atoms with Crippen LogP contribution in [0, 0.1) is 0 Å². The molecule has 11 nitrogen and oxygen atoms in total. The number of sulfonamides is 1. The van der Waals surface area contributed by atoms with Gasteiger partial charge in [0.05, 0.1) is 23.0 Å². The summed E-state index contributed by atoms with van der Waals surface area (Å²) >= 11 is 5.84. The standard InChI is InChI=1S/C25H23ClN6O5S/c1-30-13-24(28-15-30)38(34,35)29-19-10-20-21(32(3)25(33)31(20)2)11-22(19)37-18-6-4-5-17(9-18)36-14-16-7-8-23(26)27-12-16/h4-13,15,29H,14H2,1-3H3. The van der Waals surface area contributed by atoms with Gasteiger partial charge in [0, 0.05) is 51.2 Å². The van der Waals surface area contributed by atoms with Gasteiger partial charge in [0.2, 0.25) is 0 Å². The number of pyridine rings is 1. The van der Waals surface area contributed by atoms with E-state index in [0.29, 0.717) is 27.7 Å². The second-order valence-corrected chi connectivity index (χ2v) is 10.6. The summed E-state index contributed by atoms with van der Waals surface area (Å²) in [5.41, 5.74) is 1.81. The monoisotopic (exact) mass is 554 g/mol. The number of anilines is 1. The quantitative estimate of drug-likeness (QED) is 0.289. The lowest BCUT2D eigenvalue weighted by Crippen LogP contribution is -2.19. The molecular weight excluding hydrogens is 532 g/mol. The lowest BCUT2D eigenvalue weighted by molar-refractivity contribution is 0.304. The first-order valence-electron chi connectivity index (χ1n) is 11.3. The van der Waals surface area contributed by atoms with Crippen LogP contribution in [0.3, 0.4) is 0 Å². The molecule has 0 saturated heterocycles. The number of hydrogen-bond donors (Lipinski definition) is 1. The van der Waals surface area contributed by atoms with Gasteiger partial charge in [-0.2, -0.15) is 8.42 Å². The number of hydrogen-bond acceptors (Lipinski definition) is 7. The lowest BCUT2D eigenvalue weighted by Gasteiger charge is -2.15. The molecule has 13 heteroatoms. The van der Waals surface area contributed by atoms with Gasteiger partial charge in [-0.1, -0.05) is 23.7 Å². The highest BCUT2D eigenvalue weighted by atomic mass is 35.5. The van der Waals surface area contributed by atoms with Crippen molar-refractivity contribution in [1.29, 1.82) is 0 Å². The molecule has 0 aliphatic rings. The lowest BCUT2D eigenvalue weighted by atomic mass is 10.2. The molecule has 0 bridgehead atoms. The van der Waals surface area contributed by atoms with Crippen LogP contribution < -0.4 is 19.9 Å². The predicted molar refractivity (Wildman–Crippen MR) is 142 cm³/mol. The van der Waals surface area contributed by atoms with Crippen molar-refractivity contribution in [2.24, 2.45) is 21.1 Å². The summed E-state index contributed by atoms with van der Waals surface area (Å²) in [4.78, 5) is 20.5. The Hall–Kier alpha value is -4.29. The van der Waals surface area contributed by atoms with Gasteiger partial charge in [0.1, 0.15) is 23.3 Å². The van der Waals surface area contributed by atoms with Crippen molar-refractivity contribution < 1.29 is 17.9 Å². The van der Waals surface area contributed by atoms with Crippen LogP contribution in [0.5, 0.6) is 17.2 Å². The Morgan fingerprint density at radius 2 is 1.71 bits per heavy atom.